The Labute approximate surface area is 177 Å². The fourth-order valence-electron chi connectivity index (χ4n) is 3.33. The molecule has 0 aliphatic rings. The molecule has 0 spiro atoms. The van der Waals surface area contributed by atoms with Gasteiger partial charge in [0.15, 0.2) is 5.82 Å². The Morgan fingerprint density at radius 1 is 0.900 bits per heavy atom. The third-order valence-electron chi connectivity index (χ3n) is 4.91. The highest BCUT2D eigenvalue weighted by Crippen LogP contribution is 2.26. The molecule has 0 amide bonds. The van der Waals surface area contributed by atoms with E-state index in [0.29, 0.717) is 21.8 Å². The second-order valence-electron chi connectivity index (χ2n) is 6.92. The average Bonchev–Trinajstić information content (AvgIpc) is 2.79. The largest absolute Gasteiger partial charge is 0.456 e. The summed E-state index contributed by atoms with van der Waals surface area (Å²) < 4.78 is 6.17. The van der Waals surface area contributed by atoms with Gasteiger partial charge < -0.3 is 4.42 Å². The number of hydrogen-bond acceptors (Lipinski definition) is 5. The lowest BCUT2D eigenvalue weighted by molar-refractivity contribution is 0.618. The van der Waals surface area contributed by atoms with Crippen molar-refractivity contribution in [1.82, 2.24) is 9.97 Å². The molecule has 0 radical (unpaired) electrons. The molecular formula is C24H17ClN4O. The summed E-state index contributed by atoms with van der Waals surface area (Å²) >= 11 is 6.39. The van der Waals surface area contributed by atoms with Crippen molar-refractivity contribution in [3.05, 3.63) is 95.1 Å². The van der Waals surface area contributed by atoms with E-state index in [4.69, 9.17) is 16.0 Å². The van der Waals surface area contributed by atoms with Crippen LogP contribution in [0.25, 0.3) is 33.2 Å². The van der Waals surface area contributed by atoms with Crippen molar-refractivity contribution in [2.45, 2.75) is 6.92 Å². The van der Waals surface area contributed by atoms with E-state index in [0.717, 1.165) is 33.2 Å². The Bertz CT molecular complexity index is 1440. The van der Waals surface area contributed by atoms with Gasteiger partial charge in [0.25, 0.3) is 0 Å². The van der Waals surface area contributed by atoms with Crippen LogP contribution < -0.4 is 10.8 Å². The Balaban J connectivity index is 1.71. The van der Waals surface area contributed by atoms with Crippen LogP contribution in [0.1, 0.15) is 5.56 Å². The Morgan fingerprint density at radius 2 is 1.70 bits per heavy atom. The van der Waals surface area contributed by atoms with Crippen molar-refractivity contribution in [2.75, 3.05) is 5.43 Å². The van der Waals surface area contributed by atoms with Crippen LogP contribution in [-0.4, -0.2) is 9.97 Å². The van der Waals surface area contributed by atoms with Gasteiger partial charge in [-0.05, 0) is 36.8 Å². The van der Waals surface area contributed by atoms with E-state index in [1.54, 1.807) is 0 Å². The second-order valence-corrected chi connectivity index (χ2v) is 7.33. The zero-order valence-electron chi connectivity index (χ0n) is 16.1. The van der Waals surface area contributed by atoms with Gasteiger partial charge in [-0.1, -0.05) is 54.1 Å². The molecule has 0 fully saturated rings. The molecule has 6 heteroatoms. The maximum Gasteiger partial charge on any atom is 0.157 e. The molecule has 5 nitrogen and oxygen atoms in total. The van der Waals surface area contributed by atoms with E-state index in [2.05, 4.69) is 20.5 Å². The van der Waals surface area contributed by atoms with Crippen LogP contribution in [0.4, 0.5) is 5.82 Å². The summed E-state index contributed by atoms with van der Waals surface area (Å²) in [6.45, 7) is 1.95. The van der Waals surface area contributed by atoms with E-state index < -0.39 is 0 Å². The van der Waals surface area contributed by atoms with Crippen molar-refractivity contribution >= 4 is 39.3 Å². The second kappa shape index (κ2) is 7.61. The fraction of sp³-hybridized carbons (Fsp3) is 0.0417. The summed E-state index contributed by atoms with van der Waals surface area (Å²) in [5.74, 6) is 1.35. The molecule has 0 bridgehead atoms. The Kier molecular flexibility index (Phi) is 4.65. The van der Waals surface area contributed by atoms with Crippen LogP contribution in [0.5, 0.6) is 0 Å². The van der Waals surface area contributed by atoms with Gasteiger partial charge in [-0.3, -0.25) is 5.43 Å². The van der Waals surface area contributed by atoms with Crippen molar-refractivity contribution in [1.29, 1.82) is 0 Å². The molecule has 2 aromatic heterocycles. The summed E-state index contributed by atoms with van der Waals surface area (Å²) in [5, 5.41) is 7.73. The van der Waals surface area contributed by atoms with Crippen molar-refractivity contribution in [3.63, 3.8) is 0 Å². The van der Waals surface area contributed by atoms with Gasteiger partial charge in [0.1, 0.15) is 17.7 Å². The molecule has 0 unspecified atom stereocenters. The first-order chi connectivity index (χ1) is 14.7. The van der Waals surface area contributed by atoms with Gasteiger partial charge in [0, 0.05) is 27.4 Å². The molecule has 0 saturated carbocycles. The van der Waals surface area contributed by atoms with Crippen molar-refractivity contribution in [2.24, 2.45) is 5.10 Å². The number of para-hydroxylation sites is 1. The molecule has 0 aliphatic carbocycles. The number of hydrogen-bond donors (Lipinski definition) is 1. The zero-order chi connectivity index (χ0) is 20.5. The molecule has 5 rings (SSSR count). The zero-order valence-corrected chi connectivity index (χ0v) is 16.9. The van der Waals surface area contributed by atoms with Crippen LogP contribution in [0, 0.1) is 6.92 Å². The molecule has 30 heavy (non-hydrogen) atoms. The van der Waals surface area contributed by atoms with E-state index in [1.165, 1.54) is 6.33 Å². The Morgan fingerprint density at radius 3 is 2.57 bits per heavy atom. The van der Waals surface area contributed by atoms with Crippen LogP contribution in [0.2, 0.25) is 5.02 Å². The monoisotopic (exact) mass is 412 g/mol. The normalized spacial score (nSPS) is 11.9. The Hall–Kier alpha value is -3.70. The SMILES string of the molecule is Cc1cc2oc(-c3ccccc3)c/c(=N\Nc3ncnc4ccccc34)c2cc1Cl. The molecule has 0 aliphatic heterocycles. The fourth-order valence-corrected chi connectivity index (χ4v) is 3.50. The van der Waals surface area contributed by atoms with Gasteiger partial charge in [-0.2, -0.15) is 5.10 Å². The molecule has 2 heterocycles. The van der Waals surface area contributed by atoms with Gasteiger partial charge in [0.05, 0.1) is 10.9 Å². The highest BCUT2D eigenvalue weighted by Gasteiger charge is 2.09. The van der Waals surface area contributed by atoms with Crippen LogP contribution >= 0.6 is 11.6 Å². The topological polar surface area (TPSA) is 63.3 Å². The minimum atomic E-state index is 0.633. The third-order valence-corrected chi connectivity index (χ3v) is 5.32. The maximum atomic E-state index is 6.39. The summed E-state index contributed by atoms with van der Waals surface area (Å²) in [6.07, 6.45) is 1.52. The highest BCUT2D eigenvalue weighted by atomic mass is 35.5. The lowest BCUT2D eigenvalue weighted by Crippen LogP contribution is -2.08. The molecule has 1 N–H and O–H groups in total. The first-order valence-electron chi connectivity index (χ1n) is 9.48. The molecule has 5 aromatic rings. The predicted molar refractivity (Wildman–Crippen MR) is 120 cm³/mol. The van der Waals surface area contributed by atoms with E-state index in [9.17, 15) is 0 Å². The molecular weight excluding hydrogens is 396 g/mol. The number of nitrogens with zero attached hydrogens (tertiary/aromatic N) is 3. The predicted octanol–water partition coefficient (Wildman–Crippen LogP) is 5.93. The number of aromatic nitrogens is 2. The number of fused-ring (bicyclic) bond motifs is 2. The van der Waals surface area contributed by atoms with Crippen molar-refractivity contribution in [3.8, 4) is 11.3 Å². The van der Waals surface area contributed by atoms with Gasteiger partial charge in [-0.15, -0.1) is 0 Å². The number of anilines is 1. The summed E-state index contributed by atoms with van der Waals surface area (Å²) in [6, 6.07) is 23.4. The quantitative estimate of drug-likeness (QED) is 0.373. The number of nitrogens with one attached hydrogen (secondary N) is 1. The van der Waals surface area contributed by atoms with E-state index in [1.807, 2.05) is 79.7 Å². The smallest absolute Gasteiger partial charge is 0.157 e. The number of benzene rings is 3. The van der Waals surface area contributed by atoms with Gasteiger partial charge >= 0.3 is 0 Å². The number of aryl methyl sites for hydroxylation is 1. The van der Waals surface area contributed by atoms with Gasteiger partial charge in [0.2, 0.25) is 0 Å². The first-order valence-corrected chi connectivity index (χ1v) is 9.86. The van der Waals surface area contributed by atoms with Crippen LogP contribution in [-0.2, 0) is 0 Å². The number of rotatable bonds is 3. The van der Waals surface area contributed by atoms with Crippen LogP contribution in [0.15, 0.2) is 88.6 Å². The lowest BCUT2D eigenvalue weighted by atomic mass is 10.1. The third kappa shape index (κ3) is 3.40. The van der Waals surface area contributed by atoms with Crippen molar-refractivity contribution < 1.29 is 4.42 Å². The van der Waals surface area contributed by atoms with E-state index >= 15 is 0 Å². The highest BCUT2D eigenvalue weighted by molar-refractivity contribution is 6.32. The maximum absolute atomic E-state index is 6.39. The molecule has 0 saturated heterocycles. The average molecular weight is 413 g/mol. The molecule has 3 aromatic carbocycles. The standard InChI is InChI=1S/C24H17ClN4O/c1-15-11-23-18(12-19(15)25)21(13-22(30-23)16-7-3-2-4-8-16)28-29-24-17-9-5-6-10-20(17)26-14-27-24/h2-14H,1H3,(H,26,27,29)/b28-21+. The summed E-state index contributed by atoms with van der Waals surface area (Å²) in [7, 11) is 0. The molecule has 146 valence electrons. The van der Waals surface area contributed by atoms with Crippen LogP contribution in [0.3, 0.4) is 0 Å². The molecule has 0 atom stereocenters. The minimum Gasteiger partial charge on any atom is -0.456 e. The summed E-state index contributed by atoms with van der Waals surface area (Å²) in [4.78, 5) is 8.65. The summed E-state index contributed by atoms with van der Waals surface area (Å²) in [5.41, 5.74) is 6.57. The van der Waals surface area contributed by atoms with E-state index in [-0.39, 0.29) is 0 Å². The van der Waals surface area contributed by atoms with Gasteiger partial charge in [-0.25, -0.2) is 9.97 Å². The number of halogens is 1. The lowest BCUT2D eigenvalue weighted by Gasteiger charge is -2.08. The first kappa shape index (κ1) is 18.3. The minimum absolute atomic E-state index is 0.633.